The highest BCUT2D eigenvalue weighted by Crippen LogP contribution is 2.50. The summed E-state index contributed by atoms with van der Waals surface area (Å²) in [5.74, 6) is -4.23. The van der Waals surface area contributed by atoms with Crippen LogP contribution in [0.5, 0.6) is 11.5 Å². The molecule has 8 fully saturated rings. The molecule has 41 nitrogen and oxygen atoms in total. The van der Waals surface area contributed by atoms with E-state index in [2.05, 4.69) is 101 Å². The van der Waals surface area contributed by atoms with Crippen LogP contribution in [-0.4, -0.2) is 265 Å². The lowest BCUT2D eigenvalue weighted by molar-refractivity contribution is -0.146. The van der Waals surface area contributed by atoms with Gasteiger partial charge in [0.05, 0.1) is 31.3 Å². The number of aromatic nitrogens is 12. The molecule has 3 saturated carbocycles. The number of carboxylic acid groups (broad SMARTS) is 3. The van der Waals surface area contributed by atoms with Gasteiger partial charge in [-0.3, -0.25) is 28.8 Å². The van der Waals surface area contributed by atoms with E-state index < -0.39 is 159 Å². The van der Waals surface area contributed by atoms with Gasteiger partial charge in [-0.2, -0.15) is 14.4 Å². The smallest absolute Gasteiger partial charge is 0.408 e. The van der Waals surface area contributed by atoms with E-state index in [4.69, 9.17) is 23.7 Å². The Labute approximate surface area is 822 Å². The van der Waals surface area contributed by atoms with Crippen LogP contribution in [0.4, 0.5) is 14.4 Å². The van der Waals surface area contributed by atoms with Crippen molar-refractivity contribution in [1.29, 1.82) is 0 Å². The molecule has 9 aliphatic rings. The molecule has 3 aromatic heterocycles. The predicted octanol–water partition coefficient (Wildman–Crippen LogP) is 12.1. The number of nitrogens with zero attached hydrogens (tertiary/aromatic N) is 15. The summed E-state index contributed by atoms with van der Waals surface area (Å²) >= 11 is 3.50. The predicted molar refractivity (Wildman–Crippen MR) is 512 cm³/mol. The van der Waals surface area contributed by atoms with Crippen molar-refractivity contribution < 1.29 is 96.5 Å². The molecule has 0 bridgehead atoms. The highest BCUT2D eigenvalue weighted by atomic mass is 79.9. The second-order valence-electron chi connectivity index (χ2n) is 41.3. The molecule has 15 atom stereocenters. The maximum Gasteiger partial charge on any atom is 0.408 e. The third kappa shape index (κ3) is 26.9. The summed E-state index contributed by atoms with van der Waals surface area (Å²) in [5, 5.41) is 86.3. The van der Waals surface area contributed by atoms with Crippen molar-refractivity contribution in [3.05, 3.63) is 88.9 Å². The van der Waals surface area contributed by atoms with Gasteiger partial charge < -0.3 is 85.6 Å². The standard InChI is InChI=1S/C34H49N7O7.C33H47N7O7.C31H40BrN7O6/c1-5-6-18-47-25-16-14-22(15-17-25)28-37-39-41(38-28)24-19-27-29(42)36-34(31(44)45)20-23(34)12-10-8-7-9-11-13-26(30(43)40(27)21-24)35-32(46)48-33(2,3)4;1-5-17-46-24-15-13-21(14-16-24)27-36-38-40(37-27)23-18-26-28(41)35-33(30(43)44)19-22(33)11-9-7-6-8-10-12-25(29(42)39(26)20-23)34-31(45)47-32(2,3)4;1-18-14-19(12-13-22(18)32)25-35-37-39(36-25)21-15-24-26(40)34-31(28(42)43)16-20(31)10-8-6-5-7-9-11-23(27(41)38(24)17-21)33-29(44)45-30(2,3)4/h14-17,23-24,26-27H,5-13,18-21H2,1-4H3,(H,35,46)(H,36,42)(H,44,45);13-16,22-23,25-26H,5-12,17-20H2,1-4H3,(H,34,45)(H,35,41)(H,43,44);8,10,12-14,20-21,23-24H,5-7,9,11,15-17H2,1-4H3,(H,33,44)(H,34,40)(H,42,43)/b;;10-8-/t23-,24+,26-,27+,34+;22-,23+,25-,26+,33+;20-,21?,23-,24+,31+/m111/s1. The highest BCUT2D eigenvalue weighted by Gasteiger charge is 2.65. The van der Waals surface area contributed by atoms with E-state index in [1.165, 1.54) is 29.1 Å². The van der Waals surface area contributed by atoms with Crippen LogP contribution in [0.25, 0.3) is 34.2 Å². The van der Waals surface area contributed by atoms with Crippen molar-refractivity contribution in [2.24, 2.45) is 17.8 Å². The number of aliphatic carboxylic acids is 3. The fourth-order valence-corrected chi connectivity index (χ4v) is 19.4. The van der Waals surface area contributed by atoms with Gasteiger partial charge in [0.2, 0.25) is 52.9 Å². The molecule has 9 N–H and O–H groups in total. The van der Waals surface area contributed by atoms with Crippen molar-refractivity contribution in [3.8, 4) is 45.7 Å². The van der Waals surface area contributed by atoms with Gasteiger partial charge in [0.15, 0.2) is 0 Å². The summed E-state index contributed by atoms with van der Waals surface area (Å²) < 4.78 is 28.7. The molecule has 6 aliphatic heterocycles. The van der Waals surface area contributed by atoms with Gasteiger partial charge in [0, 0.05) is 66.0 Å². The second kappa shape index (κ2) is 45.5. The van der Waals surface area contributed by atoms with Crippen molar-refractivity contribution in [1.82, 2.24) is 107 Å². The minimum atomic E-state index is -1.42. The van der Waals surface area contributed by atoms with Gasteiger partial charge in [-0.25, -0.2) is 28.8 Å². The first-order valence-corrected chi connectivity index (χ1v) is 50.2. The Kier molecular flexibility index (Phi) is 34.2. The number of carbonyl (C=O) groups is 12. The summed E-state index contributed by atoms with van der Waals surface area (Å²) in [5.41, 5.74) is -3.18. The third-order valence-corrected chi connectivity index (χ3v) is 27.8. The molecule has 15 rings (SSSR count). The molecule has 42 heteroatoms. The van der Waals surface area contributed by atoms with Gasteiger partial charge in [-0.05, 0) is 246 Å². The lowest BCUT2D eigenvalue weighted by atomic mass is 10.0. The van der Waals surface area contributed by atoms with Gasteiger partial charge in [0.1, 0.15) is 81.2 Å². The molecule has 0 radical (unpaired) electrons. The summed E-state index contributed by atoms with van der Waals surface area (Å²) in [6, 6.07) is 13.1. The molecular weight excluding hydrogens is 1870 g/mol. The van der Waals surface area contributed by atoms with Crippen LogP contribution in [0.15, 0.2) is 83.4 Å². The average Bonchev–Trinajstić information content (AvgIpc) is 1.59. The van der Waals surface area contributed by atoms with E-state index in [-0.39, 0.29) is 63.1 Å². The minimum Gasteiger partial charge on any atom is -0.494 e. The molecule has 6 aromatic rings. The molecule has 140 heavy (non-hydrogen) atoms. The van der Waals surface area contributed by atoms with Crippen LogP contribution in [0, 0.1) is 24.7 Å². The monoisotopic (exact) mass is 2010 g/mol. The average molecular weight is 2010 g/mol. The number of hydrogen-bond acceptors (Lipinski definition) is 26. The van der Waals surface area contributed by atoms with Crippen LogP contribution in [0.2, 0.25) is 0 Å². The number of amides is 9. The number of alkyl carbamates (subject to hydrolysis) is 3. The van der Waals surface area contributed by atoms with Gasteiger partial charge >= 0.3 is 36.2 Å². The molecule has 760 valence electrons. The maximum atomic E-state index is 14.2. The largest absolute Gasteiger partial charge is 0.494 e. The number of ether oxygens (including phenoxy) is 5. The van der Waals surface area contributed by atoms with E-state index in [0.717, 1.165) is 128 Å². The number of nitrogens with one attached hydrogen (secondary N) is 6. The second-order valence-corrected chi connectivity index (χ2v) is 42.2. The quantitative estimate of drug-likeness (QED) is 0.0207. The van der Waals surface area contributed by atoms with Crippen LogP contribution in [0.3, 0.4) is 0 Å². The topological polar surface area (TPSA) is 524 Å². The molecule has 9 amide bonds. The number of allylic oxidation sites excluding steroid dienone is 1. The Morgan fingerprint density at radius 1 is 0.443 bits per heavy atom. The summed E-state index contributed by atoms with van der Waals surface area (Å²) in [7, 11) is 0. The number of aryl methyl sites for hydroxylation is 1. The zero-order valence-corrected chi connectivity index (χ0v) is 83.7. The fourth-order valence-electron chi connectivity index (χ4n) is 19.1. The Morgan fingerprint density at radius 2 is 0.786 bits per heavy atom. The summed E-state index contributed by atoms with van der Waals surface area (Å²) in [4.78, 5) is 168. The van der Waals surface area contributed by atoms with Crippen LogP contribution in [0.1, 0.15) is 280 Å². The Hall–Kier alpha value is -12.3. The molecule has 3 aliphatic carbocycles. The number of rotatable bonds is 19. The van der Waals surface area contributed by atoms with Gasteiger partial charge in [-0.15, -0.1) is 30.6 Å². The first-order valence-electron chi connectivity index (χ1n) is 49.4. The molecule has 9 heterocycles. The number of tetrazole rings is 3. The Bertz CT molecular complexity index is 5440. The molecule has 3 aromatic carbocycles. The Morgan fingerprint density at radius 3 is 1.14 bits per heavy atom. The maximum absolute atomic E-state index is 14.2. The number of carboxylic acids is 3. The number of halogens is 1. The summed E-state index contributed by atoms with van der Waals surface area (Å²) in [6.07, 6.45) is 20.1. The van der Waals surface area contributed by atoms with Crippen molar-refractivity contribution in [2.75, 3.05) is 32.8 Å². The number of carbonyl (C=O) groups excluding carboxylic acids is 9. The molecular formula is C98H136BrN21O20. The van der Waals surface area contributed by atoms with Crippen molar-refractivity contribution >= 4 is 87.6 Å². The number of benzene rings is 3. The van der Waals surface area contributed by atoms with E-state index in [9.17, 15) is 72.9 Å². The van der Waals surface area contributed by atoms with Gasteiger partial charge in [0.25, 0.3) is 0 Å². The number of hydrogen-bond donors (Lipinski definition) is 9. The summed E-state index contributed by atoms with van der Waals surface area (Å²) in [6.45, 7) is 23.2. The normalized spacial score (nSPS) is 27.3. The third-order valence-electron chi connectivity index (χ3n) is 26.9. The molecule has 0 spiro atoms. The Balaban J connectivity index is 0.000000177. The molecule has 5 saturated heterocycles. The highest BCUT2D eigenvalue weighted by molar-refractivity contribution is 9.10. The van der Waals surface area contributed by atoms with Crippen LogP contribution >= 0.6 is 15.9 Å². The lowest BCUT2D eigenvalue weighted by Gasteiger charge is -2.30. The van der Waals surface area contributed by atoms with E-state index in [1.807, 2.05) is 92.7 Å². The van der Waals surface area contributed by atoms with Gasteiger partial charge in [-0.1, -0.05) is 125 Å². The first kappa shape index (κ1) is 105. The zero-order chi connectivity index (χ0) is 101. The van der Waals surface area contributed by atoms with Crippen molar-refractivity contribution in [2.45, 2.75) is 351 Å². The SMILES string of the molecule is CCCCOc1ccc(-c2nnn([C@H]3C[C@H]4C(=O)N[C@@]5(C(=O)O)C[C@H]5CCCCCCC[C@@H](NC(=O)OC(C)(C)C)C(=O)N4C3)n2)cc1.CCCOc1ccc(-c2nnn([C@H]3C[C@H]4C(=O)N[C@@]5(C(=O)O)C[C@H]5CCCCCCC[C@@H](NC(=O)OC(C)(C)C)C(=O)N4C3)n2)cc1.Cc1cc(-c2nnn(C3C[C@H]4C(=O)N[C@@]5(C(=O)O)C[C@H]5/C=C\CCCCC[C@@H](NC(=O)OC(C)(C)C)C(=O)N4C3)n2)ccc1Br. The fraction of sp³-hybridized carbons (Fsp3) is 0.643. The zero-order valence-electron chi connectivity index (χ0n) is 82.1. The number of unbranched alkanes of at least 4 members (excludes halogenated alkanes) is 1. The van der Waals surface area contributed by atoms with Crippen LogP contribution < -0.4 is 41.4 Å². The molecule has 1 unspecified atom stereocenters. The van der Waals surface area contributed by atoms with Crippen molar-refractivity contribution in [3.63, 3.8) is 0 Å². The van der Waals surface area contributed by atoms with E-state index in [0.29, 0.717) is 94.9 Å². The number of fused-ring (bicyclic) bond motifs is 6. The van der Waals surface area contributed by atoms with Crippen LogP contribution in [-0.2, 0) is 57.4 Å². The van der Waals surface area contributed by atoms with E-state index in [1.54, 1.807) is 62.3 Å². The van der Waals surface area contributed by atoms with E-state index >= 15 is 0 Å². The first-order chi connectivity index (χ1) is 66.6. The lowest BCUT2D eigenvalue weighted by Crippen LogP contribution is -2.56. The minimum absolute atomic E-state index is 0.0714.